The summed E-state index contributed by atoms with van der Waals surface area (Å²) < 4.78 is 0. The minimum Gasteiger partial charge on any atom is -0.332 e. The number of hydrogen-bond acceptors (Lipinski definition) is 3. The Labute approximate surface area is 165 Å². The van der Waals surface area contributed by atoms with Gasteiger partial charge in [0.05, 0.1) is 18.1 Å². The molecule has 144 valence electrons. The molecule has 0 saturated carbocycles. The lowest BCUT2D eigenvalue weighted by atomic mass is 10.0. The summed E-state index contributed by atoms with van der Waals surface area (Å²) in [6.07, 6.45) is 3.71. The zero-order chi connectivity index (χ0) is 20.1. The molecule has 1 aromatic heterocycles. The number of benzene rings is 2. The van der Waals surface area contributed by atoms with Gasteiger partial charge in [0.2, 0.25) is 0 Å². The average Bonchev–Trinajstić information content (AvgIpc) is 2.72. The van der Waals surface area contributed by atoms with Gasteiger partial charge >= 0.3 is 0 Å². The fourth-order valence-electron chi connectivity index (χ4n) is 3.10. The largest absolute Gasteiger partial charge is 0.332 e. The molecule has 3 aromatic rings. The second-order valence-electron chi connectivity index (χ2n) is 7.00. The summed E-state index contributed by atoms with van der Waals surface area (Å²) in [7, 11) is 0. The quantitative estimate of drug-likeness (QED) is 0.703. The van der Waals surface area contributed by atoms with Crippen LogP contribution in [-0.4, -0.2) is 26.8 Å². The zero-order valence-corrected chi connectivity index (χ0v) is 16.5. The van der Waals surface area contributed by atoms with Gasteiger partial charge in [-0.15, -0.1) is 0 Å². The highest BCUT2D eigenvalue weighted by Gasteiger charge is 2.21. The van der Waals surface area contributed by atoms with Gasteiger partial charge in [0.1, 0.15) is 0 Å². The van der Waals surface area contributed by atoms with Crippen LogP contribution in [0.25, 0.3) is 11.3 Å². The number of carbonyl (C=O) groups excluding carboxylic acids is 1. The topological polar surface area (TPSA) is 66.1 Å². The molecule has 28 heavy (non-hydrogen) atoms. The predicted molar refractivity (Wildman–Crippen MR) is 111 cm³/mol. The summed E-state index contributed by atoms with van der Waals surface area (Å²) in [4.78, 5) is 33.3. The molecule has 0 aliphatic heterocycles. The molecule has 1 N–H and O–H groups in total. The van der Waals surface area contributed by atoms with E-state index in [1.807, 2.05) is 29.2 Å². The Morgan fingerprint density at radius 2 is 1.82 bits per heavy atom. The normalized spacial score (nSPS) is 11.8. The van der Waals surface area contributed by atoms with E-state index in [9.17, 15) is 9.59 Å². The minimum atomic E-state index is -0.251. The smallest absolute Gasteiger partial charge is 0.266 e. The lowest BCUT2D eigenvalue weighted by Gasteiger charge is -2.29. The number of nitrogens with zero attached hydrogens (tertiary/aromatic N) is 2. The van der Waals surface area contributed by atoms with E-state index in [4.69, 9.17) is 0 Å². The van der Waals surface area contributed by atoms with Gasteiger partial charge in [-0.25, -0.2) is 0 Å². The number of carbonyl (C=O) groups is 1. The summed E-state index contributed by atoms with van der Waals surface area (Å²) >= 11 is 0. The van der Waals surface area contributed by atoms with Crippen LogP contribution in [-0.2, 0) is 6.54 Å². The molecule has 0 unspecified atom stereocenters. The van der Waals surface area contributed by atoms with Crippen LogP contribution in [0.15, 0.2) is 65.7 Å². The third-order valence-electron chi connectivity index (χ3n) is 5.08. The molecule has 5 heteroatoms. The molecule has 0 aliphatic carbocycles. The number of aryl methyl sites for hydroxylation is 1. The molecule has 1 amide bonds. The zero-order valence-electron chi connectivity index (χ0n) is 16.5. The van der Waals surface area contributed by atoms with Crippen LogP contribution < -0.4 is 5.56 Å². The Balaban J connectivity index is 1.86. The second-order valence-corrected chi connectivity index (χ2v) is 7.00. The number of nitrogens with one attached hydrogen (secondary N) is 1. The fraction of sp³-hybridized carbons (Fsp3) is 0.261. The SMILES string of the molecule is CC[C@@H](C)N(Cc1ccccc1C)C(=O)c1ccc(-c2cncc(=O)[nH]2)cc1. The van der Waals surface area contributed by atoms with E-state index in [0.717, 1.165) is 17.5 Å². The molecule has 0 fully saturated rings. The van der Waals surface area contributed by atoms with E-state index in [1.54, 1.807) is 18.3 Å². The molecule has 0 saturated heterocycles. The van der Waals surface area contributed by atoms with Gasteiger partial charge in [0.15, 0.2) is 0 Å². The molecular formula is C23H25N3O2. The van der Waals surface area contributed by atoms with Crippen molar-refractivity contribution in [1.29, 1.82) is 0 Å². The van der Waals surface area contributed by atoms with Crippen LogP contribution >= 0.6 is 0 Å². The second kappa shape index (κ2) is 8.65. The molecule has 0 spiro atoms. The Kier molecular flexibility index (Phi) is 6.04. The molecule has 0 aliphatic rings. The first-order chi connectivity index (χ1) is 13.5. The molecule has 0 radical (unpaired) electrons. The summed E-state index contributed by atoms with van der Waals surface area (Å²) in [6, 6.07) is 15.6. The number of aromatic amines is 1. The number of amides is 1. The maximum absolute atomic E-state index is 13.2. The molecule has 5 nitrogen and oxygen atoms in total. The van der Waals surface area contributed by atoms with Crippen molar-refractivity contribution in [2.24, 2.45) is 0 Å². The molecule has 3 rings (SSSR count). The number of hydrogen-bond donors (Lipinski definition) is 1. The van der Waals surface area contributed by atoms with Gasteiger partial charge in [-0.3, -0.25) is 14.6 Å². The fourth-order valence-corrected chi connectivity index (χ4v) is 3.10. The Bertz CT molecular complexity index is 1010. The van der Waals surface area contributed by atoms with E-state index >= 15 is 0 Å². The summed E-state index contributed by atoms with van der Waals surface area (Å²) in [5.74, 6) is 0.00355. The van der Waals surface area contributed by atoms with Crippen molar-refractivity contribution in [3.05, 3.63) is 88.0 Å². The van der Waals surface area contributed by atoms with E-state index in [2.05, 4.69) is 42.9 Å². The van der Waals surface area contributed by atoms with Crippen LogP contribution in [0, 0.1) is 6.92 Å². The molecule has 1 atom stereocenters. The Hall–Kier alpha value is -3.21. The monoisotopic (exact) mass is 375 g/mol. The van der Waals surface area contributed by atoms with Gasteiger partial charge in [0.25, 0.3) is 11.5 Å². The highest BCUT2D eigenvalue weighted by Crippen LogP contribution is 2.20. The maximum Gasteiger partial charge on any atom is 0.266 e. The Morgan fingerprint density at radius 1 is 1.11 bits per heavy atom. The van der Waals surface area contributed by atoms with Gasteiger partial charge in [-0.1, -0.05) is 43.3 Å². The molecule has 0 bridgehead atoms. The van der Waals surface area contributed by atoms with Crippen molar-refractivity contribution in [3.8, 4) is 11.3 Å². The van der Waals surface area contributed by atoms with Gasteiger partial charge < -0.3 is 9.88 Å². The van der Waals surface area contributed by atoms with Gasteiger partial charge in [-0.2, -0.15) is 0 Å². The lowest BCUT2D eigenvalue weighted by molar-refractivity contribution is 0.0671. The van der Waals surface area contributed by atoms with Crippen molar-refractivity contribution in [3.63, 3.8) is 0 Å². The summed E-state index contributed by atoms with van der Waals surface area (Å²) in [6.45, 7) is 6.81. The summed E-state index contributed by atoms with van der Waals surface area (Å²) in [5.41, 5.74) is 4.16. The molecular weight excluding hydrogens is 350 g/mol. The third-order valence-corrected chi connectivity index (χ3v) is 5.08. The van der Waals surface area contributed by atoms with Crippen molar-refractivity contribution < 1.29 is 4.79 Å². The maximum atomic E-state index is 13.2. The summed E-state index contributed by atoms with van der Waals surface area (Å²) in [5, 5.41) is 0. The van der Waals surface area contributed by atoms with E-state index in [-0.39, 0.29) is 17.5 Å². The van der Waals surface area contributed by atoms with Crippen LogP contribution in [0.1, 0.15) is 41.8 Å². The van der Waals surface area contributed by atoms with Crippen molar-refractivity contribution in [1.82, 2.24) is 14.9 Å². The van der Waals surface area contributed by atoms with Gasteiger partial charge in [0, 0.05) is 18.2 Å². The van der Waals surface area contributed by atoms with Gasteiger partial charge in [-0.05, 0) is 49.1 Å². The predicted octanol–water partition coefficient (Wildman–Crippen LogP) is 4.19. The molecule has 1 heterocycles. The van der Waals surface area contributed by atoms with Crippen molar-refractivity contribution in [2.45, 2.75) is 39.8 Å². The number of rotatable bonds is 6. The first-order valence-corrected chi connectivity index (χ1v) is 9.50. The highest BCUT2D eigenvalue weighted by molar-refractivity contribution is 5.94. The van der Waals surface area contributed by atoms with Crippen LogP contribution in [0.5, 0.6) is 0 Å². The van der Waals surface area contributed by atoms with Crippen molar-refractivity contribution >= 4 is 5.91 Å². The van der Waals surface area contributed by atoms with E-state index in [1.165, 1.54) is 11.8 Å². The lowest BCUT2D eigenvalue weighted by Crippen LogP contribution is -2.38. The van der Waals surface area contributed by atoms with Crippen molar-refractivity contribution in [2.75, 3.05) is 0 Å². The van der Waals surface area contributed by atoms with Crippen LogP contribution in [0.2, 0.25) is 0 Å². The number of H-pyrrole nitrogens is 1. The standard InChI is InChI=1S/C23H25N3O2/c1-4-17(3)26(15-20-8-6-5-7-16(20)2)23(28)19-11-9-18(10-12-19)21-13-24-14-22(27)25-21/h5-14,17H,4,15H2,1-3H3,(H,25,27)/t17-/m1/s1. The van der Waals surface area contributed by atoms with Crippen LogP contribution in [0.4, 0.5) is 0 Å². The minimum absolute atomic E-state index is 0.00355. The average molecular weight is 375 g/mol. The highest BCUT2D eigenvalue weighted by atomic mass is 16.2. The van der Waals surface area contributed by atoms with E-state index < -0.39 is 0 Å². The van der Waals surface area contributed by atoms with E-state index in [0.29, 0.717) is 17.8 Å². The van der Waals surface area contributed by atoms with Crippen LogP contribution in [0.3, 0.4) is 0 Å². The molecule has 2 aromatic carbocycles. The number of aromatic nitrogens is 2. The first-order valence-electron chi connectivity index (χ1n) is 9.50. The third kappa shape index (κ3) is 4.36. The first kappa shape index (κ1) is 19.5. The Morgan fingerprint density at radius 3 is 2.46 bits per heavy atom.